The first-order valence-corrected chi connectivity index (χ1v) is 24.6. The number of rotatable bonds is 5. The van der Waals surface area contributed by atoms with Crippen molar-refractivity contribution in [3.8, 4) is 44.9 Å². The third-order valence-corrected chi connectivity index (χ3v) is 15.6. The Balaban J connectivity index is 1.14. The Kier molecular flexibility index (Phi) is 9.42. The molecule has 0 radical (unpaired) electrons. The molecule has 4 aliphatic rings. The van der Waals surface area contributed by atoms with Crippen LogP contribution in [0.1, 0.15) is 113 Å². The molecule has 12 rings (SSSR count). The van der Waals surface area contributed by atoms with Crippen LogP contribution in [-0.4, -0.2) is 0 Å². The van der Waals surface area contributed by atoms with Crippen LogP contribution in [-0.2, 0) is 21.7 Å². The van der Waals surface area contributed by atoms with E-state index in [1.54, 1.807) is 0 Å². The Hall–Kier alpha value is -7.16. The molecule has 8 aromatic carbocycles. The van der Waals surface area contributed by atoms with Crippen molar-refractivity contribution in [3.05, 3.63) is 238 Å². The van der Waals surface area contributed by atoms with Crippen molar-refractivity contribution in [1.29, 1.82) is 0 Å². The van der Waals surface area contributed by atoms with Crippen molar-refractivity contribution < 1.29 is 4.74 Å². The number of benzene rings is 8. The van der Waals surface area contributed by atoms with Crippen LogP contribution in [0.2, 0.25) is 0 Å². The fourth-order valence-corrected chi connectivity index (χ4v) is 12.0. The highest BCUT2D eigenvalue weighted by molar-refractivity contribution is 5.95. The fourth-order valence-electron chi connectivity index (χ4n) is 12.0. The first-order chi connectivity index (χ1) is 32.7. The van der Waals surface area contributed by atoms with Crippen LogP contribution in [0.3, 0.4) is 0 Å². The van der Waals surface area contributed by atoms with Gasteiger partial charge in [-0.25, -0.2) is 0 Å². The molecule has 0 saturated carbocycles. The summed E-state index contributed by atoms with van der Waals surface area (Å²) >= 11 is 0. The highest BCUT2D eigenvalue weighted by atomic mass is 16.5. The van der Waals surface area contributed by atoms with Crippen molar-refractivity contribution in [2.45, 2.75) is 89.9 Å². The monoisotopic (exact) mass is 881 g/mol. The fraction of sp³-hybridized carbons (Fsp3) is 0.212. The average Bonchev–Trinajstić information content (AvgIpc) is 3.76. The van der Waals surface area contributed by atoms with E-state index < -0.39 is 5.41 Å². The molecule has 68 heavy (non-hydrogen) atoms. The van der Waals surface area contributed by atoms with Gasteiger partial charge in [-0.1, -0.05) is 213 Å². The van der Waals surface area contributed by atoms with Gasteiger partial charge in [0.1, 0.15) is 5.75 Å². The van der Waals surface area contributed by atoms with Gasteiger partial charge in [-0.15, -0.1) is 0 Å². The van der Waals surface area contributed by atoms with Crippen molar-refractivity contribution in [3.63, 3.8) is 0 Å². The van der Waals surface area contributed by atoms with Gasteiger partial charge >= 0.3 is 0 Å². The molecule has 0 N–H and O–H groups in total. The lowest BCUT2D eigenvalue weighted by Crippen LogP contribution is -2.33. The molecule has 0 fully saturated rings. The third kappa shape index (κ3) is 6.29. The zero-order chi connectivity index (χ0) is 46.7. The largest absolute Gasteiger partial charge is 0.454 e. The van der Waals surface area contributed by atoms with Gasteiger partial charge < -0.3 is 9.64 Å². The first-order valence-electron chi connectivity index (χ1n) is 24.6. The van der Waals surface area contributed by atoms with E-state index >= 15 is 0 Å². The third-order valence-electron chi connectivity index (χ3n) is 15.6. The van der Waals surface area contributed by atoms with Crippen molar-refractivity contribution in [2.24, 2.45) is 0 Å². The van der Waals surface area contributed by atoms with Crippen LogP contribution in [0.5, 0.6) is 11.5 Å². The standard InChI is InChI=1S/C66H59NO/c1-63(2,3)45-33-36-51-52-37-34-46(64(4,5)6)40-58(52)66(57(51)39-45)54-24-15-17-28-61(54)68-62-55(66)25-18-27-60(62)67(47-35-38-50-49-22-12-14-23-53(49)65(7,8)56(50)41-47)59-26-16-13-21-48(59)44-31-29-43(30-32-44)42-19-10-9-11-20-42/h9-11,13-21,23-41H,12,22H2,1-8H3. The summed E-state index contributed by atoms with van der Waals surface area (Å²) < 4.78 is 7.51. The van der Waals surface area contributed by atoms with E-state index in [4.69, 9.17) is 4.74 Å². The van der Waals surface area contributed by atoms with Gasteiger partial charge in [0.05, 0.1) is 16.8 Å². The Bertz CT molecular complexity index is 3340. The van der Waals surface area contributed by atoms with E-state index in [1.165, 1.54) is 72.3 Å². The quantitative estimate of drug-likeness (QED) is 0.171. The molecule has 3 aliphatic carbocycles. The van der Waals surface area contributed by atoms with E-state index in [0.717, 1.165) is 58.1 Å². The predicted octanol–water partition coefficient (Wildman–Crippen LogP) is 17.9. The van der Waals surface area contributed by atoms with Gasteiger partial charge in [-0.3, -0.25) is 0 Å². The van der Waals surface area contributed by atoms with E-state index in [-0.39, 0.29) is 16.2 Å². The number of anilines is 3. The lowest BCUT2D eigenvalue weighted by molar-refractivity contribution is 0.437. The highest BCUT2D eigenvalue weighted by Gasteiger charge is 2.52. The van der Waals surface area contributed by atoms with Crippen LogP contribution in [0.25, 0.3) is 39.0 Å². The SMILES string of the molecule is CC(C)(C)c1ccc2c(c1)C1(c3ccccc3Oc3c(N(c4ccc5c(c4)C(C)(C)C4=C5CCC=C4)c4ccccc4-c4ccc(-c5ccccc5)cc4)cccc31)c1cc(C(C)(C)C)ccc1-2. The molecule has 2 nitrogen and oxygen atoms in total. The first kappa shape index (κ1) is 42.2. The molecular weight excluding hydrogens is 823 g/mol. The van der Waals surface area contributed by atoms with Crippen LogP contribution < -0.4 is 9.64 Å². The Morgan fingerprint density at radius 2 is 1.06 bits per heavy atom. The number of hydrogen-bond donors (Lipinski definition) is 0. The molecule has 1 aliphatic heterocycles. The molecule has 0 bridgehead atoms. The maximum Gasteiger partial charge on any atom is 0.156 e. The van der Waals surface area contributed by atoms with Crippen LogP contribution in [0.15, 0.2) is 194 Å². The minimum atomic E-state index is -0.652. The van der Waals surface area contributed by atoms with E-state index in [2.05, 4.69) is 248 Å². The lowest BCUT2D eigenvalue weighted by atomic mass is 9.64. The van der Waals surface area contributed by atoms with Gasteiger partial charge in [0.15, 0.2) is 5.75 Å². The smallest absolute Gasteiger partial charge is 0.156 e. The minimum Gasteiger partial charge on any atom is -0.454 e. The molecular formula is C66H59NO. The maximum atomic E-state index is 7.51. The second-order valence-corrected chi connectivity index (χ2v) is 22.0. The molecule has 0 atom stereocenters. The molecule has 1 spiro atoms. The lowest BCUT2D eigenvalue weighted by Gasteiger charge is -2.42. The van der Waals surface area contributed by atoms with E-state index in [9.17, 15) is 0 Å². The summed E-state index contributed by atoms with van der Waals surface area (Å²) in [7, 11) is 0. The highest BCUT2D eigenvalue weighted by Crippen LogP contribution is 2.65. The van der Waals surface area contributed by atoms with Gasteiger partial charge in [0, 0.05) is 27.8 Å². The van der Waals surface area contributed by atoms with Gasteiger partial charge in [0.25, 0.3) is 0 Å². The van der Waals surface area contributed by atoms with Gasteiger partial charge in [0.2, 0.25) is 0 Å². The number of para-hydroxylation sites is 3. The van der Waals surface area contributed by atoms with Crippen LogP contribution in [0, 0.1) is 0 Å². The maximum absolute atomic E-state index is 7.51. The second-order valence-electron chi connectivity index (χ2n) is 22.0. The molecule has 2 heteroatoms. The molecule has 334 valence electrons. The second kappa shape index (κ2) is 15.2. The van der Waals surface area contributed by atoms with E-state index in [0.29, 0.717) is 0 Å². The molecule has 0 unspecified atom stereocenters. The molecule has 0 amide bonds. The summed E-state index contributed by atoms with van der Waals surface area (Å²) in [5.41, 5.74) is 22.9. The predicted molar refractivity (Wildman–Crippen MR) is 285 cm³/mol. The number of ether oxygens (including phenoxy) is 1. The van der Waals surface area contributed by atoms with Crippen LogP contribution >= 0.6 is 0 Å². The minimum absolute atomic E-state index is 0.0536. The van der Waals surface area contributed by atoms with Gasteiger partial charge in [-0.05, 0) is 126 Å². The van der Waals surface area contributed by atoms with Crippen molar-refractivity contribution in [1.82, 2.24) is 0 Å². The van der Waals surface area contributed by atoms with Crippen molar-refractivity contribution in [2.75, 3.05) is 4.90 Å². The molecule has 0 aromatic heterocycles. The van der Waals surface area contributed by atoms with Crippen molar-refractivity contribution >= 4 is 22.6 Å². The summed E-state index contributed by atoms with van der Waals surface area (Å²) in [5, 5.41) is 0. The zero-order valence-corrected chi connectivity index (χ0v) is 40.7. The zero-order valence-electron chi connectivity index (χ0n) is 40.7. The molecule has 8 aromatic rings. The summed E-state index contributed by atoms with van der Waals surface area (Å²) in [6.07, 6.45) is 6.90. The Morgan fingerprint density at radius 1 is 0.471 bits per heavy atom. The number of hydrogen-bond acceptors (Lipinski definition) is 2. The number of nitrogens with zero attached hydrogens (tertiary/aromatic N) is 1. The summed E-state index contributed by atoms with van der Waals surface area (Å²) in [4.78, 5) is 2.50. The Labute approximate surface area is 403 Å². The summed E-state index contributed by atoms with van der Waals surface area (Å²) in [6.45, 7) is 18.8. The average molecular weight is 882 g/mol. The number of allylic oxidation sites excluding steroid dienone is 4. The Morgan fingerprint density at radius 3 is 1.76 bits per heavy atom. The number of fused-ring (bicyclic) bond motifs is 11. The normalized spacial score (nSPS) is 15.8. The molecule has 1 heterocycles. The van der Waals surface area contributed by atoms with Crippen LogP contribution in [0.4, 0.5) is 17.1 Å². The molecule has 0 saturated heterocycles. The van der Waals surface area contributed by atoms with E-state index in [1.807, 2.05) is 0 Å². The summed E-state index contributed by atoms with van der Waals surface area (Å²) in [6, 6.07) is 66.2. The van der Waals surface area contributed by atoms with Gasteiger partial charge in [-0.2, -0.15) is 0 Å². The topological polar surface area (TPSA) is 12.5 Å². The summed E-state index contributed by atoms with van der Waals surface area (Å²) in [5.74, 6) is 1.76.